The van der Waals surface area contributed by atoms with Crippen LogP contribution in [0.4, 0.5) is 4.39 Å². The van der Waals surface area contributed by atoms with Gasteiger partial charge in [-0.05, 0) is 42.0 Å². The zero-order valence-electron chi connectivity index (χ0n) is 9.47. The molecule has 0 aliphatic rings. The molecule has 2 rings (SSSR count). The van der Waals surface area contributed by atoms with Gasteiger partial charge in [0.25, 0.3) is 0 Å². The molecule has 0 unspecified atom stereocenters. The quantitative estimate of drug-likeness (QED) is 0.851. The predicted molar refractivity (Wildman–Crippen MR) is 69.4 cm³/mol. The lowest BCUT2D eigenvalue weighted by Gasteiger charge is -2.03. The van der Waals surface area contributed by atoms with E-state index in [1.807, 2.05) is 6.07 Å². The van der Waals surface area contributed by atoms with Gasteiger partial charge in [0.15, 0.2) is 0 Å². The van der Waals surface area contributed by atoms with E-state index in [-0.39, 0.29) is 11.4 Å². The van der Waals surface area contributed by atoms with Gasteiger partial charge in [-0.15, -0.1) is 11.8 Å². The fourth-order valence-corrected chi connectivity index (χ4v) is 2.33. The van der Waals surface area contributed by atoms with Gasteiger partial charge in [-0.2, -0.15) is 0 Å². The third-order valence-electron chi connectivity index (χ3n) is 2.39. The fourth-order valence-electron chi connectivity index (χ4n) is 1.49. The minimum atomic E-state index is -0.927. The van der Waals surface area contributed by atoms with E-state index < -0.39 is 5.97 Å². The second-order valence-electron chi connectivity index (χ2n) is 3.75. The molecular weight excluding hydrogens is 251 g/mol. The van der Waals surface area contributed by atoms with Crippen LogP contribution in [0.3, 0.4) is 0 Å². The third kappa shape index (κ3) is 3.34. The van der Waals surface area contributed by atoms with E-state index in [4.69, 9.17) is 5.11 Å². The van der Waals surface area contributed by atoms with Crippen LogP contribution in [0.1, 0.15) is 15.9 Å². The predicted octanol–water partition coefficient (Wildman–Crippen LogP) is 3.82. The summed E-state index contributed by atoms with van der Waals surface area (Å²) in [7, 11) is 0. The first-order valence-corrected chi connectivity index (χ1v) is 6.34. The average Bonchev–Trinajstić information content (AvgIpc) is 2.38. The average molecular weight is 262 g/mol. The van der Waals surface area contributed by atoms with Crippen LogP contribution >= 0.6 is 11.8 Å². The normalized spacial score (nSPS) is 10.3. The number of thioether (sulfide) groups is 1. The lowest BCUT2D eigenvalue weighted by atomic mass is 10.1. The molecule has 1 N–H and O–H groups in total. The summed E-state index contributed by atoms with van der Waals surface area (Å²) in [6.07, 6.45) is 0. The Hall–Kier alpha value is -1.81. The highest BCUT2D eigenvalue weighted by molar-refractivity contribution is 7.98. The van der Waals surface area contributed by atoms with Crippen LogP contribution in [0.2, 0.25) is 0 Å². The summed E-state index contributed by atoms with van der Waals surface area (Å²) in [5, 5.41) is 8.88. The smallest absolute Gasteiger partial charge is 0.335 e. The first kappa shape index (κ1) is 12.6. The van der Waals surface area contributed by atoms with Crippen LogP contribution in [0.5, 0.6) is 0 Å². The molecule has 0 fully saturated rings. The van der Waals surface area contributed by atoms with Crippen LogP contribution in [0.25, 0.3) is 0 Å². The van der Waals surface area contributed by atoms with Crippen molar-refractivity contribution in [2.75, 3.05) is 0 Å². The molecule has 4 heteroatoms. The molecule has 0 saturated carbocycles. The molecule has 0 spiro atoms. The van der Waals surface area contributed by atoms with Gasteiger partial charge in [0.05, 0.1) is 5.56 Å². The molecule has 18 heavy (non-hydrogen) atoms. The Morgan fingerprint density at radius 2 is 1.89 bits per heavy atom. The topological polar surface area (TPSA) is 37.3 Å². The molecule has 2 aromatic rings. The van der Waals surface area contributed by atoms with Crippen LogP contribution in [-0.4, -0.2) is 11.1 Å². The lowest BCUT2D eigenvalue weighted by molar-refractivity contribution is 0.0697. The molecule has 0 amide bonds. The highest BCUT2D eigenvalue weighted by Crippen LogP contribution is 2.23. The number of hydrogen-bond acceptors (Lipinski definition) is 2. The molecule has 92 valence electrons. The van der Waals surface area contributed by atoms with Crippen LogP contribution < -0.4 is 0 Å². The van der Waals surface area contributed by atoms with Gasteiger partial charge in [0.1, 0.15) is 5.82 Å². The van der Waals surface area contributed by atoms with Crippen molar-refractivity contribution < 1.29 is 14.3 Å². The number of hydrogen-bond donors (Lipinski definition) is 1. The lowest BCUT2D eigenvalue weighted by Crippen LogP contribution is -1.96. The molecule has 0 aliphatic heterocycles. The van der Waals surface area contributed by atoms with Gasteiger partial charge in [-0.1, -0.05) is 12.1 Å². The standard InChI is InChI=1S/C14H11FO2S/c15-12-4-6-13(7-5-12)18-9-10-2-1-3-11(8-10)14(16)17/h1-8H,9H2,(H,16,17). The van der Waals surface area contributed by atoms with E-state index >= 15 is 0 Å². The van der Waals surface area contributed by atoms with Gasteiger partial charge < -0.3 is 5.11 Å². The SMILES string of the molecule is O=C(O)c1cccc(CSc2ccc(F)cc2)c1. The van der Waals surface area contributed by atoms with Crippen molar-refractivity contribution >= 4 is 17.7 Å². The Bertz CT molecular complexity index is 552. The molecule has 0 radical (unpaired) electrons. The van der Waals surface area contributed by atoms with Crippen molar-refractivity contribution in [3.63, 3.8) is 0 Å². The number of halogens is 1. The first-order chi connectivity index (χ1) is 8.65. The van der Waals surface area contributed by atoms with Crippen molar-refractivity contribution in [1.82, 2.24) is 0 Å². The maximum atomic E-state index is 12.7. The second kappa shape index (κ2) is 5.69. The van der Waals surface area contributed by atoms with Gasteiger partial charge in [0, 0.05) is 10.6 Å². The van der Waals surface area contributed by atoms with Crippen molar-refractivity contribution in [2.24, 2.45) is 0 Å². The third-order valence-corrected chi connectivity index (χ3v) is 3.48. The Balaban J connectivity index is 2.04. The van der Waals surface area contributed by atoms with Crippen molar-refractivity contribution in [2.45, 2.75) is 10.6 Å². The highest BCUT2D eigenvalue weighted by atomic mass is 32.2. The summed E-state index contributed by atoms with van der Waals surface area (Å²) in [5.41, 5.74) is 1.22. The maximum Gasteiger partial charge on any atom is 0.335 e. The molecule has 0 heterocycles. The minimum absolute atomic E-state index is 0.257. The minimum Gasteiger partial charge on any atom is -0.478 e. The molecule has 2 nitrogen and oxygen atoms in total. The van der Waals surface area contributed by atoms with Gasteiger partial charge >= 0.3 is 5.97 Å². The van der Waals surface area contributed by atoms with Gasteiger partial charge in [-0.3, -0.25) is 0 Å². The molecule has 0 aromatic heterocycles. The van der Waals surface area contributed by atoms with E-state index in [2.05, 4.69) is 0 Å². The second-order valence-corrected chi connectivity index (χ2v) is 4.80. The number of carbonyl (C=O) groups is 1. The van der Waals surface area contributed by atoms with E-state index in [9.17, 15) is 9.18 Å². The van der Waals surface area contributed by atoms with Crippen LogP contribution in [0, 0.1) is 5.82 Å². The molecule has 2 aromatic carbocycles. The number of carboxylic acids is 1. The van der Waals surface area contributed by atoms with Gasteiger partial charge in [-0.25, -0.2) is 9.18 Å². The summed E-state index contributed by atoms with van der Waals surface area (Å²) >= 11 is 1.54. The van der Waals surface area contributed by atoms with Crippen molar-refractivity contribution in [3.05, 3.63) is 65.5 Å². The summed E-state index contributed by atoms with van der Waals surface area (Å²) in [5.74, 6) is -0.525. The molecule has 0 aliphatic carbocycles. The number of carboxylic acid groups (broad SMARTS) is 1. The number of benzene rings is 2. The van der Waals surface area contributed by atoms with Crippen molar-refractivity contribution in [3.8, 4) is 0 Å². The Kier molecular flexibility index (Phi) is 3.99. The monoisotopic (exact) mass is 262 g/mol. The molecule has 0 saturated heterocycles. The van der Waals surface area contributed by atoms with E-state index in [1.54, 1.807) is 42.1 Å². The number of rotatable bonds is 4. The Labute approximate surface area is 108 Å². The molecular formula is C14H11FO2S. The maximum absolute atomic E-state index is 12.7. The van der Waals surface area contributed by atoms with E-state index in [0.717, 1.165) is 10.5 Å². The zero-order valence-corrected chi connectivity index (χ0v) is 10.3. The fraction of sp³-hybridized carbons (Fsp3) is 0.0714. The summed E-state index contributed by atoms with van der Waals surface area (Å²) in [6.45, 7) is 0. The van der Waals surface area contributed by atoms with Crippen LogP contribution in [-0.2, 0) is 5.75 Å². The first-order valence-electron chi connectivity index (χ1n) is 5.36. The molecule has 0 bridgehead atoms. The van der Waals surface area contributed by atoms with Crippen molar-refractivity contribution in [1.29, 1.82) is 0 Å². The van der Waals surface area contributed by atoms with Crippen LogP contribution in [0.15, 0.2) is 53.4 Å². The summed E-state index contributed by atoms with van der Waals surface area (Å²) < 4.78 is 12.7. The van der Waals surface area contributed by atoms with Gasteiger partial charge in [0.2, 0.25) is 0 Å². The summed E-state index contributed by atoms with van der Waals surface area (Å²) in [4.78, 5) is 11.8. The van der Waals surface area contributed by atoms with E-state index in [1.165, 1.54) is 12.1 Å². The summed E-state index contributed by atoms with van der Waals surface area (Å²) in [6, 6.07) is 13.1. The Morgan fingerprint density at radius 3 is 2.56 bits per heavy atom. The number of aromatic carboxylic acids is 1. The zero-order chi connectivity index (χ0) is 13.0. The molecule has 0 atom stereocenters. The highest BCUT2D eigenvalue weighted by Gasteiger charge is 2.03. The largest absolute Gasteiger partial charge is 0.478 e. The van der Waals surface area contributed by atoms with E-state index in [0.29, 0.717) is 5.75 Å². The Morgan fingerprint density at radius 1 is 1.17 bits per heavy atom.